The van der Waals surface area contributed by atoms with Crippen molar-refractivity contribution in [2.24, 2.45) is 0 Å². The number of ketones is 1. The molecule has 0 saturated carbocycles. The number of halogens is 1. The number of carbonyl (C=O) groups is 1. The first-order chi connectivity index (χ1) is 10.1. The number of Topliss-reactive ketones (excluding diaryl/α,β-unsaturated/α-hetero) is 1. The van der Waals surface area contributed by atoms with Gasteiger partial charge < -0.3 is 14.2 Å². The number of benzene rings is 2. The maximum atomic E-state index is 12.1. The molecule has 2 aromatic carbocycles. The molecule has 0 N–H and O–H groups in total. The molecule has 0 aromatic heterocycles. The van der Waals surface area contributed by atoms with E-state index < -0.39 is 0 Å². The minimum Gasteiger partial charge on any atom is -0.493 e. The summed E-state index contributed by atoms with van der Waals surface area (Å²) in [6, 6.07) is 11.9. The average Bonchev–Trinajstić information content (AvgIpc) is 2.52. The molecule has 0 aliphatic carbocycles. The molecule has 2 rings (SSSR count). The van der Waals surface area contributed by atoms with Crippen molar-refractivity contribution < 1.29 is 19.0 Å². The zero-order valence-corrected chi connectivity index (χ0v) is 12.5. The molecule has 0 radical (unpaired) electrons. The van der Waals surface area contributed by atoms with Crippen molar-refractivity contribution in [2.45, 2.75) is 0 Å². The number of methoxy groups -OCH3 is 2. The van der Waals surface area contributed by atoms with Crippen LogP contribution in [0.2, 0.25) is 5.02 Å². The van der Waals surface area contributed by atoms with Crippen LogP contribution in [-0.4, -0.2) is 26.6 Å². The SMILES string of the molecule is COc1ccc(C(=O)COc2cccc(Cl)c2)cc1OC. The van der Waals surface area contributed by atoms with Gasteiger partial charge in [0, 0.05) is 10.6 Å². The van der Waals surface area contributed by atoms with Gasteiger partial charge in [-0.25, -0.2) is 0 Å². The Hall–Kier alpha value is -2.20. The van der Waals surface area contributed by atoms with E-state index in [0.717, 1.165) is 0 Å². The first-order valence-electron chi connectivity index (χ1n) is 6.27. The predicted octanol–water partition coefficient (Wildman–Crippen LogP) is 3.62. The fourth-order valence-electron chi connectivity index (χ4n) is 1.80. The van der Waals surface area contributed by atoms with E-state index in [-0.39, 0.29) is 12.4 Å². The summed E-state index contributed by atoms with van der Waals surface area (Å²) in [5, 5.41) is 0.561. The maximum absolute atomic E-state index is 12.1. The van der Waals surface area contributed by atoms with E-state index in [4.69, 9.17) is 25.8 Å². The Balaban J connectivity index is 2.06. The summed E-state index contributed by atoms with van der Waals surface area (Å²) >= 11 is 5.85. The van der Waals surface area contributed by atoms with Gasteiger partial charge in [-0.3, -0.25) is 4.79 Å². The van der Waals surface area contributed by atoms with Crippen molar-refractivity contribution in [3.8, 4) is 17.2 Å². The van der Waals surface area contributed by atoms with E-state index in [9.17, 15) is 4.79 Å². The van der Waals surface area contributed by atoms with Crippen LogP contribution in [-0.2, 0) is 0 Å². The van der Waals surface area contributed by atoms with Crippen molar-refractivity contribution in [1.29, 1.82) is 0 Å². The summed E-state index contributed by atoms with van der Waals surface area (Å²) in [4.78, 5) is 12.1. The smallest absolute Gasteiger partial charge is 0.200 e. The van der Waals surface area contributed by atoms with Gasteiger partial charge in [0.05, 0.1) is 14.2 Å². The fourth-order valence-corrected chi connectivity index (χ4v) is 1.98. The first kappa shape index (κ1) is 15.2. The lowest BCUT2D eigenvalue weighted by molar-refractivity contribution is 0.0921. The highest BCUT2D eigenvalue weighted by molar-refractivity contribution is 6.30. The lowest BCUT2D eigenvalue weighted by atomic mass is 10.1. The molecule has 2 aromatic rings. The van der Waals surface area contributed by atoms with Crippen LogP contribution in [0.25, 0.3) is 0 Å². The molecular weight excluding hydrogens is 292 g/mol. The summed E-state index contributed by atoms with van der Waals surface area (Å²) in [7, 11) is 3.07. The molecule has 0 bridgehead atoms. The number of ether oxygens (including phenoxy) is 3. The Labute approximate surface area is 128 Å². The van der Waals surface area contributed by atoms with E-state index in [1.807, 2.05) is 0 Å². The van der Waals surface area contributed by atoms with E-state index in [2.05, 4.69) is 0 Å². The summed E-state index contributed by atoms with van der Waals surface area (Å²) in [5.41, 5.74) is 0.495. The van der Waals surface area contributed by atoms with Crippen LogP contribution in [0.1, 0.15) is 10.4 Å². The van der Waals surface area contributed by atoms with Crippen LogP contribution in [0.15, 0.2) is 42.5 Å². The monoisotopic (exact) mass is 306 g/mol. The van der Waals surface area contributed by atoms with Crippen LogP contribution >= 0.6 is 11.6 Å². The number of rotatable bonds is 6. The Kier molecular flexibility index (Phi) is 5.06. The molecule has 0 heterocycles. The molecular formula is C16H15ClO4. The third kappa shape index (κ3) is 3.89. The molecule has 21 heavy (non-hydrogen) atoms. The Morgan fingerprint density at radius 2 is 1.81 bits per heavy atom. The highest BCUT2D eigenvalue weighted by Crippen LogP contribution is 2.27. The quantitative estimate of drug-likeness (QED) is 0.765. The normalized spacial score (nSPS) is 10.0. The molecule has 0 aliphatic heterocycles. The fraction of sp³-hybridized carbons (Fsp3) is 0.188. The number of hydrogen-bond acceptors (Lipinski definition) is 4. The van der Waals surface area contributed by atoms with Crippen molar-refractivity contribution in [1.82, 2.24) is 0 Å². The largest absolute Gasteiger partial charge is 0.493 e. The third-order valence-electron chi connectivity index (χ3n) is 2.87. The second kappa shape index (κ2) is 6.99. The number of hydrogen-bond donors (Lipinski definition) is 0. The van der Waals surface area contributed by atoms with E-state index in [1.165, 1.54) is 7.11 Å². The summed E-state index contributed by atoms with van der Waals surface area (Å²) in [6.45, 7) is -0.0736. The van der Waals surface area contributed by atoms with Crippen molar-refractivity contribution in [3.63, 3.8) is 0 Å². The molecule has 0 saturated heterocycles. The minimum atomic E-state index is -0.157. The van der Waals surface area contributed by atoms with Crippen LogP contribution in [0, 0.1) is 0 Å². The Bertz CT molecular complexity index is 640. The second-order valence-corrected chi connectivity index (χ2v) is 4.68. The molecule has 110 valence electrons. The zero-order valence-electron chi connectivity index (χ0n) is 11.8. The van der Waals surface area contributed by atoms with Gasteiger partial charge >= 0.3 is 0 Å². The van der Waals surface area contributed by atoms with Crippen LogP contribution in [0.4, 0.5) is 0 Å². The lowest BCUT2D eigenvalue weighted by Gasteiger charge is -2.10. The standard InChI is InChI=1S/C16H15ClO4/c1-19-15-7-6-11(8-16(15)20-2)14(18)10-21-13-5-3-4-12(17)9-13/h3-9H,10H2,1-2H3. The maximum Gasteiger partial charge on any atom is 0.200 e. The average molecular weight is 307 g/mol. The van der Waals surface area contributed by atoms with Gasteiger partial charge in [0.15, 0.2) is 23.9 Å². The van der Waals surface area contributed by atoms with Crippen molar-refractivity contribution in [2.75, 3.05) is 20.8 Å². The molecule has 0 amide bonds. The summed E-state index contributed by atoms with van der Waals surface area (Å²) in [5.74, 6) is 1.48. The molecule has 4 nitrogen and oxygen atoms in total. The Morgan fingerprint density at radius 3 is 2.48 bits per heavy atom. The van der Waals surface area contributed by atoms with Crippen molar-refractivity contribution >= 4 is 17.4 Å². The zero-order chi connectivity index (χ0) is 15.2. The minimum absolute atomic E-state index is 0.0736. The first-order valence-corrected chi connectivity index (χ1v) is 6.65. The molecule has 0 fully saturated rings. The third-order valence-corrected chi connectivity index (χ3v) is 3.11. The second-order valence-electron chi connectivity index (χ2n) is 4.24. The summed E-state index contributed by atoms with van der Waals surface area (Å²) in [6.07, 6.45) is 0. The topological polar surface area (TPSA) is 44.8 Å². The highest BCUT2D eigenvalue weighted by Gasteiger charge is 2.11. The molecule has 0 atom stereocenters. The predicted molar refractivity (Wildman–Crippen MR) is 80.8 cm³/mol. The van der Waals surface area contributed by atoms with Gasteiger partial charge in [0.1, 0.15) is 5.75 Å². The lowest BCUT2D eigenvalue weighted by Crippen LogP contribution is -2.11. The van der Waals surface area contributed by atoms with E-state index in [0.29, 0.717) is 27.8 Å². The van der Waals surface area contributed by atoms with Crippen LogP contribution in [0.5, 0.6) is 17.2 Å². The molecule has 0 spiro atoms. The molecule has 5 heteroatoms. The van der Waals surface area contributed by atoms with Gasteiger partial charge in [0.2, 0.25) is 0 Å². The van der Waals surface area contributed by atoms with Gasteiger partial charge in [-0.2, -0.15) is 0 Å². The summed E-state index contributed by atoms with van der Waals surface area (Å²) < 4.78 is 15.7. The van der Waals surface area contributed by atoms with Crippen LogP contribution in [0.3, 0.4) is 0 Å². The van der Waals surface area contributed by atoms with Gasteiger partial charge in [0.25, 0.3) is 0 Å². The van der Waals surface area contributed by atoms with Crippen molar-refractivity contribution in [3.05, 3.63) is 53.1 Å². The van der Waals surface area contributed by atoms with Gasteiger partial charge in [-0.1, -0.05) is 17.7 Å². The Morgan fingerprint density at radius 1 is 1.05 bits per heavy atom. The highest BCUT2D eigenvalue weighted by atomic mass is 35.5. The molecule has 0 unspecified atom stereocenters. The van der Waals surface area contributed by atoms with Crippen LogP contribution < -0.4 is 14.2 Å². The number of carbonyl (C=O) groups excluding carboxylic acids is 1. The van der Waals surface area contributed by atoms with E-state index >= 15 is 0 Å². The van der Waals surface area contributed by atoms with Gasteiger partial charge in [-0.15, -0.1) is 0 Å². The van der Waals surface area contributed by atoms with Gasteiger partial charge in [-0.05, 0) is 36.4 Å². The molecule has 0 aliphatic rings. The van der Waals surface area contributed by atoms with E-state index in [1.54, 1.807) is 49.6 Å².